The van der Waals surface area contributed by atoms with E-state index in [2.05, 4.69) is 17.2 Å². The molecule has 3 aromatic rings. The smallest absolute Gasteiger partial charge is 0.257 e. The van der Waals surface area contributed by atoms with Gasteiger partial charge < -0.3 is 10.6 Å². The normalized spacial score (nSPS) is 17.7. The Morgan fingerprint density at radius 1 is 0.892 bits per heavy atom. The first-order valence-corrected chi connectivity index (χ1v) is 12.3. The van der Waals surface area contributed by atoms with Crippen molar-refractivity contribution in [3.63, 3.8) is 0 Å². The van der Waals surface area contributed by atoms with Crippen LogP contribution in [0.2, 0.25) is 15.1 Å². The van der Waals surface area contributed by atoms with E-state index < -0.39 is 56.7 Å². The van der Waals surface area contributed by atoms with Crippen LogP contribution in [0.15, 0.2) is 55.1 Å². The highest BCUT2D eigenvalue weighted by Gasteiger charge is 2.67. The molecule has 0 heterocycles. The molecule has 1 saturated carbocycles. The number of hydrogen-bond acceptors (Lipinski definition) is 2. The van der Waals surface area contributed by atoms with Gasteiger partial charge in [0, 0.05) is 33.3 Å². The number of benzene rings is 3. The van der Waals surface area contributed by atoms with Crippen molar-refractivity contribution in [3.8, 4) is 0 Å². The maximum Gasteiger partial charge on any atom is 0.257 e. The molecule has 0 bridgehead atoms. The average Bonchev–Trinajstić information content (AvgIpc) is 3.37. The molecule has 3 aromatic carbocycles. The fourth-order valence-corrected chi connectivity index (χ4v) is 5.49. The van der Waals surface area contributed by atoms with Crippen molar-refractivity contribution in [1.82, 2.24) is 0 Å². The van der Waals surface area contributed by atoms with Crippen molar-refractivity contribution in [1.29, 1.82) is 0 Å². The predicted molar refractivity (Wildman–Crippen MR) is 142 cm³/mol. The van der Waals surface area contributed by atoms with Gasteiger partial charge in [-0.2, -0.15) is 0 Å². The minimum absolute atomic E-state index is 0.0551. The Morgan fingerprint density at radius 2 is 1.54 bits per heavy atom. The highest BCUT2D eigenvalue weighted by atomic mass is 35.5. The first-order valence-electron chi connectivity index (χ1n) is 10.4. The van der Waals surface area contributed by atoms with E-state index in [1.54, 1.807) is 12.1 Å². The Labute approximate surface area is 234 Å². The van der Waals surface area contributed by atoms with Crippen LogP contribution in [-0.2, 0) is 4.79 Å². The summed E-state index contributed by atoms with van der Waals surface area (Å²) in [5.41, 5.74) is -0.665. The predicted octanol–water partition coefficient (Wildman–Crippen LogP) is 8.64. The molecule has 0 saturated heterocycles. The van der Waals surface area contributed by atoms with Crippen LogP contribution in [0.1, 0.15) is 27.4 Å². The fourth-order valence-electron chi connectivity index (χ4n) is 3.91. The molecular formula is C25H14Cl5F3N2O2. The molecule has 1 fully saturated rings. The van der Waals surface area contributed by atoms with Crippen LogP contribution >= 0.6 is 58.0 Å². The fraction of sp³-hybridized carbons (Fsp3) is 0.120. The van der Waals surface area contributed by atoms with E-state index in [1.807, 2.05) is 0 Å². The van der Waals surface area contributed by atoms with Crippen molar-refractivity contribution in [2.75, 3.05) is 10.6 Å². The lowest BCUT2D eigenvalue weighted by molar-refractivity contribution is -0.117. The van der Waals surface area contributed by atoms with Gasteiger partial charge in [0.15, 0.2) is 0 Å². The van der Waals surface area contributed by atoms with E-state index in [1.165, 1.54) is 24.3 Å². The van der Waals surface area contributed by atoms with Crippen LogP contribution in [0, 0.1) is 17.6 Å². The van der Waals surface area contributed by atoms with Crippen LogP contribution in [0.4, 0.5) is 24.5 Å². The number of anilines is 2. The number of nitrogens with one attached hydrogen (secondary N) is 2. The van der Waals surface area contributed by atoms with Gasteiger partial charge in [-0.25, -0.2) is 13.2 Å². The van der Waals surface area contributed by atoms with Gasteiger partial charge in [0.1, 0.15) is 21.8 Å². The minimum Gasteiger partial charge on any atom is -0.326 e. The van der Waals surface area contributed by atoms with E-state index in [9.17, 15) is 22.8 Å². The van der Waals surface area contributed by atoms with Crippen molar-refractivity contribution in [3.05, 3.63) is 98.5 Å². The Hall–Kier alpha value is -2.42. The lowest BCUT2D eigenvalue weighted by Crippen LogP contribution is -2.19. The SMILES string of the molecule is C=C(F)c1cc(F)cc(F)c1NC(=O)c1cc(NC(=O)C2C(c3cc(Cl)cc(Cl)c3)C2(Cl)Cl)ccc1Cl. The van der Waals surface area contributed by atoms with E-state index in [-0.39, 0.29) is 16.3 Å². The minimum atomic E-state index is -1.43. The van der Waals surface area contributed by atoms with Crippen molar-refractivity contribution in [2.45, 2.75) is 10.3 Å². The summed E-state index contributed by atoms with van der Waals surface area (Å²) in [7, 11) is 0. The lowest BCUT2D eigenvalue weighted by atomic mass is 10.1. The summed E-state index contributed by atoms with van der Waals surface area (Å²) in [6, 6.07) is 9.85. The van der Waals surface area contributed by atoms with Crippen LogP contribution in [0.3, 0.4) is 0 Å². The van der Waals surface area contributed by atoms with Gasteiger partial charge >= 0.3 is 0 Å². The molecule has 4 nitrogen and oxygen atoms in total. The summed E-state index contributed by atoms with van der Waals surface area (Å²) in [6.07, 6.45) is 0. The molecule has 2 amide bonds. The molecular weight excluding hydrogens is 595 g/mol. The van der Waals surface area contributed by atoms with Crippen molar-refractivity contribution >= 4 is 87.0 Å². The van der Waals surface area contributed by atoms with Gasteiger partial charge in [-0.05, 0) is 48.0 Å². The molecule has 0 aliphatic heterocycles. The maximum atomic E-state index is 14.3. The Balaban J connectivity index is 1.56. The van der Waals surface area contributed by atoms with Crippen molar-refractivity contribution in [2.24, 2.45) is 5.92 Å². The second kappa shape index (κ2) is 10.4. The molecule has 1 aliphatic rings. The third kappa shape index (κ3) is 5.71. The molecule has 1 aliphatic carbocycles. The maximum absolute atomic E-state index is 14.3. The van der Waals surface area contributed by atoms with E-state index in [0.717, 1.165) is 0 Å². The zero-order chi connectivity index (χ0) is 27.2. The molecule has 2 atom stereocenters. The summed E-state index contributed by atoms with van der Waals surface area (Å²) < 4.78 is 40.1. The third-order valence-electron chi connectivity index (χ3n) is 5.64. The summed E-state index contributed by atoms with van der Waals surface area (Å²) in [6.45, 7) is 3.02. The summed E-state index contributed by atoms with van der Waals surface area (Å²) >= 11 is 31.0. The zero-order valence-corrected chi connectivity index (χ0v) is 22.1. The van der Waals surface area contributed by atoms with E-state index in [0.29, 0.717) is 27.7 Å². The van der Waals surface area contributed by atoms with Gasteiger partial charge in [-0.3, -0.25) is 9.59 Å². The number of carbonyl (C=O) groups is 2. The molecule has 0 aromatic heterocycles. The number of halogens is 8. The number of carbonyl (C=O) groups excluding carboxylic acids is 2. The largest absolute Gasteiger partial charge is 0.326 e. The Kier molecular flexibility index (Phi) is 7.75. The highest BCUT2D eigenvalue weighted by molar-refractivity contribution is 6.53. The van der Waals surface area contributed by atoms with Gasteiger partial charge in [-0.15, -0.1) is 23.2 Å². The Bertz CT molecular complexity index is 1440. The van der Waals surface area contributed by atoms with Crippen molar-refractivity contribution < 1.29 is 22.8 Å². The number of hydrogen-bond donors (Lipinski definition) is 2. The summed E-state index contributed by atoms with van der Waals surface area (Å²) in [5, 5.41) is 5.42. The zero-order valence-electron chi connectivity index (χ0n) is 18.3. The molecule has 12 heteroatoms. The van der Waals surface area contributed by atoms with E-state index >= 15 is 0 Å². The second-order valence-corrected chi connectivity index (χ2v) is 10.9. The van der Waals surface area contributed by atoms with Crippen LogP contribution in [0.5, 0.6) is 0 Å². The summed E-state index contributed by atoms with van der Waals surface area (Å²) in [4.78, 5) is 25.8. The first-order chi connectivity index (χ1) is 17.3. The molecule has 2 unspecified atom stereocenters. The molecule has 4 rings (SSSR count). The van der Waals surface area contributed by atoms with Gasteiger partial charge in [0.05, 0.1) is 22.2 Å². The second-order valence-electron chi connectivity index (χ2n) is 8.19. The molecule has 0 spiro atoms. The molecule has 0 radical (unpaired) electrons. The number of rotatable bonds is 6. The molecule has 192 valence electrons. The van der Waals surface area contributed by atoms with Crippen LogP contribution < -0.4 is 10.6 Å². The Morgan fingerprint density at radius 3 is 2.16 bits per heavy atom. The van der Waals surface area contributed by atoms with Crippen LogP contribution in [-0.4, -0.2) is 16.1 Å². The number of amides is 2. The van der Waals surface area contributed by atoms with E-state index in [4.69, 9.17) is 58.0 Å². The topological polar surface area (TPSA) is 58.2 Å². The molecule has 37 heavy (non-hydrogen) atoms. The quantitative estimate of drug-likeness (QED) is 0.275. The average molecular weight is 609 g/mol. The van der Waals surface area contributed by atoms with Gasteiger partial charge in [0.2, 0.25) is 5.91 Å². The number of alkyl halides is 2. The summed E-state index contributed by atoms with van der Waals surface area (Å²) in [5.74, 6) is -6.41. The molecule has 2 N–H and O–H groups in total. The monoisotopic (exact) mass is 606 g/mol. The highest BCUT2D eigenvalue weighted by Crippen LogP contribution is 2.65. The standard InChI is InChI=1S/C25H14Cl5F3N2O2/c1-10(31)16-7-14(32)8-19(33)22(16)35-23(36)17-9-15(2-3-18(17)28)34-24(37)21-20(25(21,29)30)11-4-12(26)6-13(27)5-11/h2-9,20-21H,1H2,(H,34,37)(H,35,36). The lowest BCUT2D eigenvalue weighted by Gasteiger charge is -2.13. The van der Waals surface area contributed by atoms with Crippen LogP contribution in [0.25, 0.3) is 5.83 Å². The first kappa shape index (κ1) is 27.6. The van der Waals surface area contributed by atoms with Gasteiger partial charge in [-0.1, -0.05) is 41.4 Å². The van der Waals surface area contributed by atoms with Gasteiger partial charge in [0.25, 0.3) is 5.91 Å². The third-order valence-corrected chi connectivity index (χ3v) is 7.35.